The van der Waals surface area contributed by atoms with E-state index in [0.29, 0.717) is 12.2 Å². The second-order valence-electron chi connectivity index (χ2n) is 3.45. The molecule has 0 aliphatic carbocycles. The van der Waals surface area contributed by atoms with Gasteiger partial charge >= 0.3 is 0 Å². The van der Waals surface area contributed by atoms with Gasteiger partial charge in [0.05, 0.1) is 12.7 Å². The van der Waals surface area contributed by atoms with Crippen molar-refractivity contribution in [1.82, 2.24) is 5.32 Å². The van der Waals surface area contributed by atoms with Gasteiger partial charge in [-0.3, -0.25) is 4.79 Å². The summed E-state index contributed by atoms with van der Waals surface area (Å²) in [6, 6.07) is 5.62. The van der Waals surface area contributed by atoms with Gasteiger partial charge in [-0.05, 0) is 17.7 Å². The van der Waals surface area contributed by atoms with Gasteiger partial charge in [0, 0.05) is 23.1 Å². The Hall–Kier alpha value is -0.710. The maximum absolute atomic E-state index is 10.9. The Morgan fingerprint density at radius 1 is 1.53 bits per heavy atom. The lowest BCUT2D eigenvalue weighted by Crippen LogP contribution is -2.33. The fourth-order valence-electron chi connectivity index (χ4n) is 1.70. The van der Waals surface area contributed by atoms with Gasteiger partial charge in [0.25, 0.3) is 0 Å². The summed E-state index contributed by atoms with van der Waals surface area (Å²) in [7, 11) is 0. The summed E-state index contributed by atoms with van der Waals surface area (Å²) in [5, 5.41) is 3.25. The number of hydrogen-bond donors (Lipinski definition) is 1. The zero-order valence-electron chi connectivity index (χ0n) is 8.20. The van der Waals surface area contributed by atoms with Crippen LogP contribution in [0.1, 0.15) is 22.0 Å². The molecule has 1 aromatic rings. The molecule has 1 aliphatic rings. The van der Waals surface area contributed by atoms with E-state index in [-0.39, 0.29) is 6.10 Å². The third kappa shape index (κ3) is 2.45. The summed E-state index contributed by atoms with van der Waals surface area (Å²) in [6.07, 6.45) is 0.858. The molecule has 1 aromatic carbocycles. The van der Waals surface area contributed by atoms with Crippen LogP contribution in [0.25, 0.3) is 0 Å². The van der Waals surface area contributed by atoms with Gasteiger partial charge in [-0.2, -0.15) is 0 Å². The molecule has 4 heteroatoms. The third-order valence-corrected chi connectivity index (χ3v) is 2.94. The average Bonchev–Trinajstić information content (AvgIpc) is 2.30. The molecule has 15 heavy (non-hydrogen) atoms. The lowest BCUT2D eigenvalue weighted by atomic mass is 10.0. The molecular weight excluding hydrogens is 258 g/mol. The highest BCUT2D eigenvalue weighted by atomic mass is 79.9. The summed E-state index contributed by atoms with van der Waals surface area (Å²) in [4.78, 5) is 10.9. The third-order valence-electron chi connectivity index (χ3n) is 2.45. The smallest absolute Gasteiger partial charge is 0.150 e. The van der Waals surface area contributed by atoms with E-state index in [1.165, 1.54) is 0 Å². The fraction of sp³-hybridized carbons (Fsp3) is 0.364. The van der Waals surface area contributed by atoms with Gasteiger partial charge in [0.1, 0.15) is 6.29 Å². The van der Waals surface area contributed by atoms with E-state index >= 15 is 0 Å². The van der Waals surface area contributed by atoms with Gasteiger partial charge in [-0.15, -0.1) is 0 Å². The Kier molecular flexibility index (Phi) is 3.51. The highest BCUT2D eigenvalue weighted by Gasteiger charge is 2.18. The molecule has 3 nitrogen and oxygen atoms in total. The number of hydrogen-bond acceptors (Lipinski definition) is 3. The van der Waals surface area contributed by atoms with Crippen LogP contribution in [0.2, 0.25) is 0 Å². The average molecular weight is 270 g/mol. The number of aldehydes is 1. The first-order valence-corrected chi connectivity index (χ1v) is 5.67. The summed E-state index contributed by atoms with van der Waals surface area (Å²) in [5.74, 6) is 0. The van der Waals surface area contributed by atoms with Crippen molar-refractivity contribution in [2.45, 2.75) is 6.10 Å². The van der Waals surface area contributed by atoms with Gasteiger partial charge in [0.2, 0.25) is 0 Å². The Labute approximate surface area is 96.9 Å². The zero-order chi connectivity index (χ0) is 10.7. The number of ether oxygens (including phenoxy) is 1. The van der Waals surface area contributed by atoms with Crippen molar-refractivity contribution < 1.29 is 9.53 Å². The summed E-state index contributed by atoms with van der Waals surface area (Å²) < 4.78 is 6.59. The van der Waals surface area contributed by atoms with E-state index in [1.807, 2.05) is 18.2 Å². The maximum atomic E-state index is 10.9. The molecule has 0 spiro atoms. The predicted octanol–water partition coefficient (Wildman–Crippen LogP) is 1.92. The molecule has 0 aromatic heterocycles. The van der Waals surface area contributed by atoms with Gasteiger partial charge < -0.3 is 10.1 Å². The van der Waals surface area contributed by atoms with Crippen LogP contribution < -0.4 is 5.32 Å². The van der Waals surface area contributed by atoms with Crippen LogP contribution in [-0.2, 0) is 4.74 Å². The van der Waals surface area contributed by atoms with Crippen molar-refractivity contribution in [3.05, 3.63) is 33.8 Å². The first-order chi connectivity index (χ1) is 7.31. The normalized spacial score (nSPS) is 21.3. The number of benzene rings is 1. The van der Waals surface area contributed by atoms with Crippen molar-refractivity contribution in [1.29, 1.82) is 0 Å². The van der Waals surface area contributed by atoms with Gasteiger partial charge in [-0.25, -0.2) is 0 Å². The Morgan fingerprint density at radius 3 is 3.07 bits per heavy atom. The van der Waals surface area contributed by atoms with Crippen molar-refractivity contribution in [3.63, 3.8) is 0 Å². The Bertz CT molecular complexity index is 362. The lowest BCUT2D eigenvalue weighted by Gasteiger charge is -2.25. The topological polar surface area (TPSA) is 38.3 Å². The minimum atomic E-state index is -0.0172. The van der Waals surface area contributed by atoms with Crippen molar-refractivity contribution in [2.75, 3.05) is 19.7 Å². The molecule has 1 atom stereocenters. The highest BCUT2D eigenvalue weighted by molar-refractivity contribution is 9.10. The number of halogens is 1. The van der Waals surface area contributed by atoms with E-state index in [2.05, 4.69) is 21.2 Å². The van der Waals surface area contributed by atoms with Crippen LogP contribution in [0.5, 0.6) is 0 Å². The SMILES string of the molecule is O=Cc1ccc(Br)cc1C1CNCCO1. The predicted molar refractivity (Wildman–Crippen MR) is 61.1 cm³/mol. The number of carbonyl (C=O) groups is 1. The van der Waals surface area contributed by atoms with Crippen LogP contribution in [0.15, 0.2) is 22.7 Å². The Morgan fingerprint density at radius 2 is 2.40 bits per heavy atom. The molecule has 0 saturated carbocycles. The molecule has 0 bridgehead atoms. The number of morpholine rings is 1. The van der Waals surface area contributed by atoms with E-state index in [9.17, 15) is 4.79 Å². The second kappa shape index (κ2) is 4.88. The summed E-state index contributed by atoms with van der Waals surface area (Å²) >= 11 is 3.40. The molecule has 1 heterocycles. The zero-order valence-corrected chi connectivity index (χ0v) is 9.79. The number of nitrogens with one attached hydrogen (secondary N) is 1. The van der Waals surface area contributed by atoms with Crippen molar-refractivity contribution >= 4 is 22.2 Å². The molecular formula is C11H12BrNO2. The van der Waals surface area contributed by atoms with Crippen LogP contribution in [0.3, 0.4) is 0 Å². The minimum Gasteiger partial charge on any atom is -0.371 e. The van der Waals surface area contributed by atoms with Crippen LogP contribution in [0.4, 0.5) is 0 Å². The largest absolute Gasteiger partial charge is 0.371 e. The molecule has 1 saturated heterocycles. The summed E-state index contributed by atoms with van der Waals surface area (Å²) in [6.45, 7) is 2.33. The first kappa shape index (κ1) is 10.8. The Balaban J connectivity index is 2.31. The quantitative estimate of drug-likeness (QED) is 0.834. The number of carbonyl (C=O) groups excluding carboxylic acids is 1. The van der Waals surface area contributed by atoms with E-state index in [0.717, 1.165) is 29.4 Å². The maximum Gasteiger partial charge on any atom is 0.150 e. The van der Waals surface area contributed by atoms with E-state index in [4.69, 9.17) is 4.74 Å². The van der Waals surface area contributed by atoms with Crippen LogP contribution in [0, 0.1) is 0 Å². The molecule has 1 unspecified atom stereocenters. The molecule has 1 fully saturated rings. The molecule has 0 amide bonds. The lowest BCUT2D eigenvalue weighted by molar-refractivity contribution is 0.0272. The molecule has 0 radical (unpaired) electrons. The van der Waals surface area contributed by atoms with Gasteiger partial charge in [0.15, 0.2) is 0 Å². The van der Waals surface area contributed by atoms with Crippen molar-refractivity contribution in [3.8, 4) is 0 Å². The van der Waals surface area contributed by atoms with E-state index in [1.54, 1.807) is 0 Å². The first-order valence-electron chi connectivity index (χ1n) is 4.88. The molecule has 80 valence electrons. The fourth-order valence-corrected chi connectivity index (χ4v) is 2.08. The minimum absolute atomic E-state index is 0.0172. The standard InChI is InChI=1S/C11H12BrNO2/c12-9-2-1-8(7-14)10(5-9)11-6-13-3-4-15-11/h1-2,5,7,11,13H,3-4,6H2. The van der Waals surface area contributed by atoms with E-state index < -0.39 is 0 Å². The molecule has 2 rings (SSSR count). The highest BCUT2D eigenvalue weighted by Crippen LogP contribution is 2.25. The molecule has 1 N–H and O–H groups in total. The van der Waals surface area contributed by atoms with Gasteiger partial charge in [-0.1, -0.05) is 22.0 Å². The second-order valence-corrected chi connectivity index (χ2v) is 4.37. The van der Waals surface area contributed by atoms with Crippen molar-refractivity contribution in [2.24, 2.45) is 0 Å². The summed E-state index contributed by atoms with van der Waals surface area (Å²) in [5.41, 5.74) is 1.65. The van der Waals surface area contributed by atoms with Crippen LogP contribution >= 0.6 is 15.9 Å². The monoisotopic (exact) mass is 269 g/mol. The molecule has 1 aliphatic heterocycles. The number of rotatable bonds is 2. The van der Waals surface area contributed by atoms with Crippen LogP contribution in [-0.4, -0.2) is 26.0 Å².